The molecule has 0 unspecified atom stereocenters. The first-order valence-corrected chi connectivity index (χ1v) is 21.3. The first-order chi connectivity index (χ1) is 29.7. The molecular weight excluding hydrogens is 727 g/mol. The van der Waals surface area contributed by atoms with E-state index in [9.17, 15) is 0 Å². The Morgan fingerprint density at radius 1 is 0.350 bits per heavy atom. The molecule has 2 aliphatic rings. The fraction of sp³-hybridized carbons (Fsp3) is 0.0877. The Bertz CT molecular complexity index is 3160. The van der Waals surface area contributed by atoms with Gasteiger partial charge in [0.2, 0.25) is 0 Å². The second kappa shape index (κ2) is 13.9. The minimum absolute atomic E-state index is 0.0355. The molecule has 286 valence electrons. The Morgan fingerprint density at radius 2 is 0.783 bits per heavy atom. The standard InChI is InChI=1S/C57H43N3/c1-5-17-44(18-6-1)58(45-19-7-2-8-20-45)49-27-25-40-31-33-57(53(40)38-49)34-32-41-26-28-50(39-54(41)57)59(46-21-9-3-10-22-46)48-29-30-55-52(37-48)51-35-42-15-13-14-16-43(42)36-56(51)60(55)47-23-11-4-12-24-47/h1-30,35-39H,31-34H2/t57-/m1/s1. The molecule has 9 aromatic carbocycles. The summed E-state index contributed by atoms with van der Waals surface area (Å²) in [6, 6.07) is 78.3. The van der Waals surface area contributed by atoms with E-state index in [-0.39, 0.29) is 5.41 Å². The van der Waals surface area contributed by atoms with Crippen molar-refractivity contribution in [2.45, 2.75) is 31.1 Å². The van der Waals surface area contributed by atoms with Crippen molar-refractivity contribution in [1.82, 2.24) is 4.57 Å². The summed E-state index contributed by atoms with van der Waals surface area (Å²) in [7, 11) is 0. The number of nitrogens with zero attached hydrogens (tertiary/aromatic N) is 3. The van der Waals surface area contributed by atoms with Crippen molar-refractivity contribution >= 4 is 66.7 Å². The SMILES string of the molecule is c1ccc(N(c2ccccc2)c2ccc3c(c2)[C@@]2(CC3)CCc3ccc(N(c4ccccc4)c4ccc5c(c4)c4cc6ccccc6cc4n5-c4ccccc4)cc32)cc1. The van der Waals surface area contributed by atoms with Gasteiger partial charge >= 0.3 is 0 Å². The van der Waals surface area contributed by atoms with Crippen molar-refractivity contribution in [3.63, 3.8) is 0 Å². The smallest absolute Gasteiger partial charge is 0.0547 e. The van der Waals surface area contributed by atoms with Crippen molar-refractivity contribution in [1.29, 1.82) is 0 Å². The lowest BCUT2D eigenvalue weighted by molar-refractivity contribution is 0.507. The largest absolute Gasteiger partial charge is 0.310 e. The molecule has 0 N–H and O–H groups in total. The van der Waals surface area contributed by atoms with Crippen LogP contribution in [0.3, 0.4) is 0 Å². The average Bonchev–Trinajstić information content (AvgIpc) is 3.98. The Kier molecular flexibility index (Phi) is 8.02. The van der Waals surface area contributed by atoms with Crippen molar-refractivity contribution in [2.24, 2.45) is 0 Å². The molecule has 1 atom stereocenters. The minimum Gasteiger partial charge on any atom is -0.310 e. The van der Waals surface area contributed by atoms with Crippen molar-refractivity contribution < 1.29 is 0 Å². The van der Waals surface area contributed by atoms with Gasteiger partial charge in [-0.25, -0.2) is 0 Å². The van der Waals surface area contributed by atoms with Gasteiger partial charge in [0.25, 0.3) is 0 Å². The van der Waals surface area contributed by atoms with Crippen molar-refractivity contribution in [2.75, 3.05) is 9.80 Å². The fourth-order valence-corrected chi connectivity index (χ4v) is 10.6. The molecule has 0 bridgehead atoms. The Labute approximate surface area is 351 Å². The Hall–Kier alpha value is -7.36. The zero-order valence-electron chi connectivity index (χ0n) is 33.4. The summed E-state index contributed by atoms with van der Waals surface area (Å²) in [4.78, 5) is 4.88. The molecule has 3 heteroatoms. The summed E-state index contributed by atoms with van der Waals surface area (Å²) in [5.41, 5.74) is 16.5. The summed E-state index contributed by atoms with van der Waals surface area (Å²) >= 11 is 0. The zero-order chi connectivity index (χ0) is 39.6. The third-order valence-corrected chi connectivity index (χ3v) is 13.3. The predicted molar refractivity (Wildman–Crippen MR) is 252 cm³/mol. The monoisotopic (exact) mass is 769 g/mol. The molecule has 0 radical (unpaired) electrons. The van der Waals surface area contributed by atoms with Gasteiger partial charge in [0.1, 0.15) is 0 Å². The summed E-state index contributed by atoms with van der Waals surface area (Å²) in [5, 5.41) is 5.00. The van der Waals surface area contributed by atoms with Crippen LogP contribution in [0.25, 0.3) is 38.3 Å². The quantitative estimate of drug-likeness (QED) is 0.160. The fourth-order valence-electron chi connectivity index (χ4n) is 10.6. The molecule has 0 amide bonds. The van der Waals surface area contributed by atoms with Gasteiger partial charge in [0.15, 0.2) is 0 Å². The van der Waals surface area contributed by atoms with Gasteiger partial charge in [-0.05, 0) is 162 Å². The van der Waals surface area contributed by atoms with Gasteiger partial charge in [-0.3, -0.25) is 0 Å². The van der Waals surface area contributed by atoms with Gasteiger partial charge < -0.3 is 14.4 Å². The van der Waals surface area contributed by atoms with E-state index in [0.29, 0.717) is 0 Å². The highest BCUT2D eigenvalue weighted by Gasteiger charge is 2.45. The first kappa shape index (κ1) is 34.7. The van der Waals surface area contributed by atoms with E-state index in [1.165, 1.54) is 83.3 Å². The highest BCUT2D eigenvalue weighted by molar-refractivity contribution is 6.14. The van der Waals surface area contributed by atoms with Crippen LogP contribution >= 0.6 is 0 Å². The van der Waals surface area contributed by atoms with Crippen LogP contribution in [0.2, 0.25) is 0 Å². The van der Waals surface area contributed by atoms with Crippen LogP contribution < -0.4 is 9.80 Å². The lowest BCUT2D eigenvalue weighted by Gasteiger charge is -2.31. The Morgan fingerprint density at radius 3 is 1.33 bits per heavy atom. The lowest BCUT2D eigenvalue weighted by Crippen LogP contribution is -2.22. The zero-order valence-corrected chi connectivity index (χ0v) is 33.4. The molecule has 12 rings (SSSR count). The van der Waals surface area contributed by atoms with Gasteiger partial charge in [-0.2, -0.15) is 0 Å². The summed E-state index contributed by atoms with van der Waals surface area (Å²) in [6.07, 6.45) is 4.44. The van der Waals surface area contributed by atoms with E-state index in [1.54, 1.807) is 0 Å². The predicted octanol–water partition coefficient (Wildman–Crippen LogP) is 15.1. The molecule has 10 aromatic rings. The van der Waals surface area contributed by atoms with E-state index in [2.05, 4.69) is 227 Å². The van der Waals surface area contributed by atoms with E-state index in [4.69, 9.17) is 0 Å². The summed E-state index contributed by atoms with van der Waals surface area (Å²) in [6.45, 7) is 0. The normalized spacial score (nSPS) is 15.5. The van der Waals surface area contributed by atoms with E-state index >= 15 is 0 Å². The van der Waals surface area contributed by atoms with E-state index in [0.717, 1.165) is 37.1 Å². The van der Waals surface area contributed by atoms with Crippen molar-refractivity contribution in [3.8, 4) is 5.69 Å². The molecule has 60 heavy (non-hydrogen) atoms. The topological polar surface area (TPSA) is 11.4 Å². The molecule has 0 aliphatic heterocycles. The molecule has 1 heterocycles. The van der Waals surface area contributed by atoms with Crippen LogP contribution in [-0.4, -0.2) is 4.57 Å². The average molecular weight is 770 g/mol. The number of anilines is 6. The van der Waals surface area contributed by atoms with E-state index in [1.807, 2.05) is 0 Å². The second-order valence-electron chi connectivity index (χ2n) is 16.5. The maximum absolute atomic E-state index is 2.54. The lowest BCUT2D eigenvalue weighted by atomic mass is 9.76. The number of rotatable bonds is 7. The first-order valence-electron chi connectivity index (χ1n) is 21.3. The highest BCUT2D eigenvalue weighted by Crippen LogP contribution is 2.55. The highest BCUT2D eigenvalue weighted by atomic mass is 15.1. The Balaban J connectivity index is 1.02. The summed E-state index contributed by atoms with van der Waals surface area (Å²) in [5.74, 6) is 0. The number of hydrogen-bond acceptors (Lipinski definition) is 2. The van der Waals surface area contributed by atoms with Crippen LogP contribution in [0.4, 0.5) is 34.1 Å². The maximum atomic E-state index is 2.54. The van der Waals surface area contributed by atoms with Crippen LogP contribution in [0.1, 0.15) is 35.1 Å². The third-order valence-electron chi connectivity index (χ3n) is 13.3. The van der Waals surface area contributed by atoms with Gasteiger partial charge in [-0.1, -0.05) is 109 Å². The molecule has 1 spiro atoms. The molecule has 2 aliphatic carbocycles. The summed E-state index contributed by atoms with van der Waals surface area (Å²) < 4.78 is 2.43. The molecule has 1 aromatic heterocycles. The third kappa shape index (κ3) is 5.50. The van der Waals surface area contributed by atoms with Gasteiger partial charge in [-0.15, -0.1) is 0 Å². The molecule has 0 saturated heterocycles. The number of fused-ring (bicyclic) bond motifs is 8. The van der Waals surface area contributed by atoms with Crippen LogP contribution in [-0.2, 0) is 18.3 Å². The number of para-hydroxylation sites is 4. The molecule has 0 fully saturated rings. The maximum Gasteiger partial charge on any atom is 0.0547 e. The molecule has 3 nitrogen and oxygen atoms in total. The number of aromatic nitrogens is 1. The van der Waals surface area contributed by atoms with Crippen molar-refractivity contribution in [3.05, 3.63) is 235 Å². The van der Waals surface area contributed by atoms with Crippen LogP contribution in [0.5, 0.6) is 0 Å². The second-order valence-corrected chi connectivity index (χ2v) is 16.5. The number of aryl methyl sites for hydroxylation is 2. The van der Waals surface area contributed by atoms with E-state index < -0.39 is 0 Å². The van der Waals surface area contributed by atoms with Gasteiger partial charge in [0, 0.05) is 56.0 Å². The molecular formula is C57H43N3. The van der Waals surface area contributed by atoms with Crippen LogP contribution in [0, 0.1) is 0 Å². The number of hydrogen-bond donors (Lipinski definition) is 0. The number of benzene rings is 9. The molecule has 0 saturated carbocycles. The minimum atomic E-state index is -0.0355. The van der Waals surface area contributed by atoms with Crippen LogP contribution in [0.15, 0.2) is 212 Å². The van der Waals surface area contributed by atoms with Gasteiger partial charge in [0.05, 0.1) is 11.0 Å².